The van der Waals surface area contributed by atoms with Gasteiger partial charge in [0.25, 0.3) is 0 Å². The molecule has 0 saturated carbocycles. The fraction of sp³-hybridized carbons (Fsp3) is 0.167. The lowest BCUT2D eigenvalue weighted by Crippen LogP contribution is -2.20. The van der Waals surface area contributed by atoms with Crippen molar-refractivity contribution in [2.75, 3.05) is 6.66 Å². The van der Waals surface area contributed by atoms with Crippen molar-refractivity contribution in [1.82, 2.24) is 4.98 Å². The lowest BCUT2D eigenvalue weighted by atomic mass is 9.94. The normalized spacial score (nSPS) is 16.4. The monoisotopic (exact) mass is 343 g/mol. The van der Waals surface area contributed by atoms with Gasteiger partial charge in [-0.05, 0) is 23.1 Å². The van der Waals surface area contributed by atoms with Gasteiger partial charge in [0.1, 0.15) is 0 Å². The van der Waals surface area contributed by atoms with Crippen LogP contribution in [-0.4, -0.2) is 27.6 Å². The lowest BCUT2D eigenvalue weighted by Gasteiger charge is -2.26. The predicted octanol–water partition coefficient (Wildman–Crippen LogP) is 3.98. The smallest absolute Gasteiger partial charge is 0.312 e. The Balaban J connectivity index is 2.18. The molecule has 1 heterocycles. The molecule has 0 amide bonds. The molecule has 3 atom stereocenters. The Kier molecular flexibility index (Phi) is 4.31. The molecular formula is C18H18NO4P. The Bertz CT molecular complexity index is 880. The van der Waals surface area contributed by atoms with Gasteiger partial charge in [0.05, 0.1) is 11.6 Å². The van der Waals surface area contributed by atoms with Crippen molar-refractivity contribution in [3.63, 3.8) is 0 Å². The standard InChI is InChI=1S/C18H18NO4P/c1-24(22,23)17(15-11-13-9-5-6-10-14(13)19-15)16(18(20)21)12-7-3-2-4-8-12/h2-11,16-17,19H,1H3,(H,20,21)(H,22,23). The molecule has 2 aromatic carbocycles. The van der Waals surface area contributed by atoms with E-state index in [1.807, 2.05) is 24.3 Å². The summed E-state index contributed by atoms with van der Waals surface area (Å²) in [5.74, 6) is -2.24. The van der Waals surface area contributed by atoms with Crippen LogP contribution in [0.5, 0.6) is 0 Å². The second kappa shape index (κ2) is 6.27. The zero-order valence-corrected chi connectivity index (χ0v) is 14.0. The number of aromatic nitrogens is 1. The minimum atomic E-state index is -3.74. The van der Waals surface area contributed by atoms with Crippen LogP contribution in [0.2, 0.25) is 0 Å². The van der Waals surface area contributed by atoms with Crippen molar-refractivity contribution < 1.29 is 19.4 Å². The van der Waals surface area contributed by atoms with E-state index in [1.165, 1.54) is 6.66 Å². The van der Waals surface area contributed by atoms with Crippen molar-refractivity contribution in [2.45, 2.75) is 11.6 Å². The van der Waals surface area contributed by atoms with E-state index in [2.05, 4.69) is 4.98 Å². The molecule has 3 N–H and O–H groups in total. The Morgan fingerprint density at radius 1 is 1.08 bits per heavy atom. The van der Waals surface area contributed by atoms with Crippen molar-refractivity contribution in [3.05, 3.63) is 71.9 Å². The average molecular weight is 343 g/mol. The van der Waals surface area contributed by atoms with Gasteiger partial charge in [-0.25, -0.2) is 0 Å². The molecule has 0 radical (unpaired) electrons. The van der Waals surface area contributed by atoms with Crippen LogP contribution in [0, 0.1) is 0 Å². The SMILES string of the molecule is CP(=O)(O)C(c1cc2ccccc2[nH]1)C(C(=O)O)c1ccccc1. The van der Waals surface area contributed by atoms with Crippen LogP contribution in [0.25, 0.3) is 10.9 Å². The third-order valence-electron chi connectivity index (χ3n) is 4.13. The fourth-order valence-corrected chi connectivity index (χ4v) is 4.60. The molecule has 6 heteroatoms. The van der Waals surface area contributed by atoms with Crippen LogP contribution >= 0.6 is 7.37 Å². The first kappa shape index (κ1) is 16.5. The van der Waals surface area contributed by atoms with E-state index in [-0.39, 0.29) is 0 Å². The molecule has 3 unspecified atom stereocenters. The van der Waals surface area contributed by atoms with Crippen molar-refractivity contribution >= 4 is 24.2 Å². The van der Waals surface area contributed by atoms with Gasteiger partial charge in [-0.2, -0.15) is 0 Å². The Labute approximate surface area is 139 Å². The lowest BCUT2D eigenvalue weighted by molar-refractivity contribution is -0.139. The van der Waals surface area contributed by atoms with Crippen molar-refractivity contribution in [1.29, 1.82) is 0 Å². The topological polar surface area (TPSA) is 90.4 Å². The number of aromatic amines is 1. The summed E-state index contributed by atoms with van der Waals surface area (Å²) in [5, 5.41) is 10.6. The highest BCUT2D eigenvalue weighted by Crippen LogP contribution is 2.58. The molecule has 5 nitrogen and oxygen atoms in total. The molecule has 0 fully saturated rings. The summed E-state index contributed by atoms with van der Waals surface area (Å²) in [6, 6.07) is 17.8. The summed E-state index contributed by atoms with van der Waals surface area (Å²) in [6.45, 7) is 1.21. The molecule has 3 rings (SSSR count). The van der Waals surface area contributed by atoms with Gasteiger partial charge in [-0.3, -0.25) is 9.36 Å². The van der Waals surface area contributed by atoms with E-state index < -0.39 is 24.9 Å². The average Bonchev–Trinajstić information content (AvgIpc) is 2.94. The maximum absolute atomic E-state index is 12.6. The highest BCUT2D eigenvalue weighted by molar-refractivity contribution is 7.57. The van der Waals surface area contributed by atoms with Crippen molar-refractivity contribution in [3.8, 4) is 0 Å². The third-order valence-corrected chi connectivity index (χ3v) is 5.73. The van der Waals surface area contributed by atoms with Gasteiger partial charge in [0.15, 0.2) is 0 Å². The molecule has 0 aliphatic heterocycles. The van der Waals surface area contributed by atoms with Gasteiger partial charge in [-0.1, -0.05) is 48.5 Å². The minimum absolute atomic E-state index is 0.459. The summed E-state index contributed by atoms with van der Waals surface area (Å²) < 4.78 is 12.6. The number of nitrogens with one attached hydrogen (secondary N) is 1. The van der Waals surface area contributed by atoms with Gasteiger partial charge in [0.2, 0.25) is 7.37 Å². The number of carbonyl (C=O) groups is 1. The molecule has 1 aromatic heterocycles. The number of aliphatic carboxylic acids is 1. The Hall–Kier alpha value is -2.36. The molecular weight excluding hydrogens is 325 g/mol. The predicted molar refractivity (Wildman–Crippen MR) is 93.6 cm³/mol. The van der Waals surface area contributed by atoms with E-state index in [4.69, 9.17) is 0 Å². The summed E-state index contributed by atoms with van der Waals surface area (Å²) in [6.07, 6.45) is 0. The summed E-state index contributed by atoms with van der Waals surface area (Å²) >= 11 is 0. The van der Waals surface area contributed by atoms with Gasteiger partial charge >= 0.3 is 5.97 Å². The first-order chi connectivity index (χ1) is 11.4. The van der Waals surface area contributed by atoms with Crippen LogP contribution in [0.4, 0.5) is 0 Å². The molecule has 0 aliphatic carbocycles. The summed E-state index contributed by atoms with van der Waals surface area (Å²) in [7, 11) is -3.74. The third kappa shape index (κ3) is 3.14. The number of para-hydroxylation sites is 1. The second-order valence-corrected chi connectivity index (χ2v) is 8.37. The van der Waals surface area contributed by atoms with Crippen LogP contribution in [-0.2, 0) is 9.36 Å². The number of hydrogen-bond donors (Lipinski definition) is 3. The maximum Gasteiger partial charge on any atom is 0.312 e. The molecule has 0 aliphatic rings. The zero-order valence-electron chi connectivity index (χ0n) is 13.1. The first-order valence-corrected chi connectivity index (χ1v) is 9.71. The highest BCUT2D eigenvalue weighted by Gasteiger charge is 2.41. The first-order valence-electron chi connectivity index (χ1n) is 7.53. The molecule has 0 saturated heterocycles. The number of carboxylic acids is 1. The number of benzene rings is 2. The van der Waals surface area contributed by atoms with Gasteiger partial charge in [-0.15, -0.1) is 0 Å². The minimum Gasteiger partial charge on any atom is -0.481 e. The van der Waals surface area contributed by atoms with E-state index in [9.17, 15) is 19.4 Å². The van der Waals surface area contributed by atoms with Crippen molar-refractivity contribution in [2.24, 2.45) is 0 Å². The second-order valence-electron chi connectivity index (χ2n) is 5.93. The fourth-order valence-electron chi connectivity index (χ4n) is 3.09. The van der Waals surface area contributed by atoms with Crippen LogP contribution < -0.4 is 0 Å². The molecule has 0 spiro atoms. The Morgan fingerprint density at radius 3 is 2.29 bits per heavy atom. The number of rotatable bonds is 5. The number of carboxylic acid groups (broad SMARTS) is 1. The maximum atomic E-state index is 12.6. The van der Waals surface area contributed by atoms with Crippen LogP contribution in [0.15, 0.2) is 60.7 Å². The van der Waals surface area contributed by atoms with E-state index in [0.29, 0.717) is 11.3 Å². The van der Waals surface area contributed by atoms with E-state index in [0.717, 1.165) is 10.9 Å². The molecule has 3 aromatic rings. The quantitative estimate of drug-likeness (QED) is 0.611. The van der Waals surface area contributed by atoms with Crippen LogP contribution in [0.1, 0.15) is 22.8 Å². The number of H-pyrrole nitrogens is 1. The van der Waals surface area contributed by atoms with E-state index >= 15 is 0 Å². The summed E-state index contributed by atoms with van der Waals surface area (Å²) in [4.78, 5) is 25.4. The highest BCUT2D eigenvalue weighted by atomic mass is 31.2. The number of fused-ring (bicyclic) bond motifs is 1. The van der Waals surface area contributed by atoms with Crippen LogP contribution in [0.3, 0.4) is 0 Å². The summed E-state index contributed by atoms with van der Waals surface area (Å²) in [5.41, 5.74) is 0.721. The van der Waals surface area contributed by atoms with Gasteiger partial charge < -0.3 is 15.0 Å². The molecule has 24 heavy (non-hydrogen) atoms. The number of hydrogen-bond acceptors (Lipinski definition) is 2. The zero-order chi connectivity index (χ0) is 17.3. The molecule has 0 bridgehead atoms. The Morgan fingerprint density at radius 2 is 1.71 bits per heavy atom. The largest absolute Gasteiger partial charge is 0.481 e. The van der Waals surface area contributed by atoms with Gasteiger partial charge in [0, 0.05) is 17.9 Å². The molecule has 124 valence electrons. The van der Waals surface area contributed by atoms with E-state index in [1.54, 1.807) is 36.4 Å².